The van der Waals surface area contributed by atoms with Gasteiger partial charge in [0, 0.05) is 10.3 Å². The predicted molar refractivity (Wildman–Crippen MR) is 58.8 cm³/mol. The normalized spacial score (nSPS) is 11.6. The molecule has 0 amide bonds. The van der Waals surface area contributed by atoms with Crippen LogP contribution in [0, 0.1) is 0 Å². The quantitative estimate of drug-likeness (QED) is 0.813. The third kappa shape index (κ3) is 2.15. The fraction of sp³-hybridized carbons (Fsp3) is 0.545. The number of rotatable bonds is 5. The second-order valence-corrected chi connectivity index (χ2v) is 4.48. The molecule has 0 fully saturated rings. The highest BCUT2D eigenvalue weighted by Crippen LogP contribution is 2.37. The van der Waals surface area contributed by atoms with Gasteiger partial charge in [-0.2, -0.15) is 0 Å². The van der Waals surface area contributed by atoms with Crippen LogP contribution in [0.25, 0.3) is 0 Å². The topological polar surface area (TPSA) is 37.3 Å². The Labute approximate surface area is 88.6 Å². The molecule has 78 valence electrons. The molecule has 0 unspecified atom stereocenters. The first-order chi connectivity index (χ1) is 6.64. The maximum absolute atomic E-state index is 10.8. The average molecular weight is 212 g/mol. The molecule has 0 aliphatic heterocycles. The van der Waals surface area contributed by atoms with Gasteiger partial charge in [0.15, 0.2) is 0 Å². The lowest BCUT2D eigenvalue weighted by molar-refractivity contribution is -0.138. The van der Waals surface area contributed by atoms with Crippen LogP contribution in [0.5, 0.6) is 0 Å². The number of hydrogen-bond acceptors (Lipinski definition) is 2. The molecule has 0 saturated heterocycles. The highest BCUT2D eigenvalue weighted by molar-refractivity contribution is 7.10. The molecule has 0 saturated carbocycles. The summed E-state index contributed by atoms with van der Waals surface area (Å²) in [5, 5.41) is 10.9. The van der Waals surface area contributed by atoms with Crippen LogP contribution in [0.2, 0.25) is 0 Å². The summed E-state index contributed by atoms with van der Waals surface area (Å²) < 4.78 is 0. The van der Waals surface area contributed by atoms with Gasteiger partial charge in [-0.15, -0.1) is 11.3 Å². The van der Waals surface area contributed by atoms with E-state index in [1.54, 1.807) is 11.3 Å². The first-order valence-electron chi connectivity index (χ1n) is 4.90. The lowest BCUT2D eigenvalue weighted by atomic mass is 9.78. The summed E-state index contributed by atoms with van der Waals surface area (Å²) >= 11 is 1.66. The molecule has 0 bridgehead atoms. The number of thiophene rings is 1. The van der Waals surface area contributed by atoms with Gasteiger partial charge in [-0.25, -0.2) is 0 Å². The minimum Gasteiger partial charge on any atom is -0.481 e. The van der Waals surface area contributed by atoms with Crippen molar-refractivity contribution in [1.29, 1.82) is 0 Å². The Kier molecular flexibility index (Phi) is 3.69. The molecule has 0 aliphatic carbocycles. The number of aliphatic carboxylic acids is 1. The van der Waals surface area contributed by atoms with Gasteiger partial charge in [0.2, 0.25) is 0 Å². The van der Waals surface area contributed by atoms with Gasteiger partial charge in [-0.1, -0.05) is 19.9 Å². The largest absolute Gasteiger partial charge is 0.481 e. The number of hydrogen-bond donors (Lipinski definition) is 1. The first-order valence-corrected chi connectivity index (χ1v) is 5.78. The zero-order valence-electron chi connectivity index (χ0n) is 8.62. The fourth-order valence-electron chi connectivity index (χ4n) is 1.81. The third-order valence-corrected chi connectivity index (χ3v) is 4.00. The van der Waals surface area contributed by atoms with E-state index in [0.717, 1.165) is 12.8 Å². The number of carboxylic acid groups (broad SMARTS) is 1. The van der Waals surface area contributed by atoms with E-state index in [9.17, 15) is 4.79 Å². The zero-order valence-corrected chi connectivity index (χ0v) is 9.43. The molecular formula is C11H16O2S. The average Bonchev–Trinajstić information content (AvgIpc) is 2.67. The SMILES string of the molecule is CCC(CC)(CC(=O)O)c1cccs1. The number of carboxylic acids is 1. The van der Waals surface area contributed by atoms with Gasteiger partial charge in [-0.3, -0.25) is 4.79 Å². The van der Waals surface area contributed by atoms with Gasteiger partial charge in [0.1, 0.15) is 0 Å². The Hall–Kier alpha value is -0.830. The highest BCUT2D eigenvalue weighted by Gasteiger charge is 2.31. The minimum atomic E-state index is -0.706. The van der Waals surface area contributed by atoms with E-state index in [0.29, 0.717) is 0 Å². The maximum Gasteiger partial charge on any atom is 0.304 e. The molecule has 1 rings (SSSR count). The molecule has 1 heterocycles. The van der Waals surface area contributed by atoms with Crippen molar-refractivity contribution in [1.82, 2.24) is 0 Å². The summed E-state index contributed by atoms with van der Waals surface area (Å²) in [7, 11) is 0. The zero-order chi connectivity index (χ0) is 10.6. The third-order valence-electron chi connectivity index (χ3n) is 2.89. The van der Waals surface area contributed by atoms with Crippen LogP contribution >= 0.6 is 11.3 Å². The molecule has 1 aromatic heterocycles. The molecule has 0 radical (unpaired) electrons. The molecule has 1 N–H and O–H groups in total. The fourth-order valence-corrected chi connectivity index (χ4v) is 2.88. The maximum atomic E-state index is 10.8. The van der Waals surface area contributed by atoms with Gasteiger partial charge in [0.05, 0.1) is 6.42 Å². The molecular weight excluding hydrogens is 196 g/mol. The van der Waals surface area contributed by atoms with E-state index in [-0.39, 0.29) is 11.8 Å². The summed E-state index contributed by atoms with van der Waals surface area (Å²) in [5.74, 6) is -0.706. The summed E-state index contributed by atoms with van der Waals surface area (Å²) in [4.78, 5) is 12.0. The van der Waals surface area contributed by atoms with Crippen LogP contribution in [-0.4, -0.2) is 11.1 Å². The van der Waals surface area contributed by atoms with Gasteiger partial charge in [0.25, 0.3) is 0 Å². The van der Waals surface area contributed by atoms with Crippen molar-refractivity contribution in [3.05, 3.63) is 22.4 Å². The van der Waals surface area contributed by atoms with Crippen molar-refractivity contribution in [2.75, 3.05) is 0 Å². The predicted octanol–water partition coefficient (Wildman–Crippen LogP) is 3.28. The van der Waals surface area contributed by atoms with Crippen LogP contribution < -0.4 is 0 Å². The molecule has 2 nitrogen and oxygen atoms in total. The Morgan fingerprint density at radius 2 is 2.14 bits per heavy atom. The van der Waals surface area contributed by atoms with Crippen molar-refractivity contribution >= 4 is 17.3 Å². The Morgan fingerprint density at radius 3 is 2.50 bits per heavy atom. The minimum absolute atomic E-state index is 0.153. The monoisotopic (exact) mass is 212 g/mol. The summed E-state index contributed by atoms with van der Waals surface area (Å²) in [6.45, 7) is 4.12. The Bertz CT molecular complexity index is 286. The van der Waals surface area contributed by atoms with E-state index < -0.39 is 5.97 Å². The van der Waals surface area contributed by atoms with Gasteiger partial charge >= 0.3 is 5.97 Å². The van der Waals surface area contributed by atoms with E-state index in [1.807, 2.05) is 17.5 Å². The molecule has 0 aromatic carbocycles. The van der Waals surface area contributed by atoms with E-state index in [2.05, 4.69) is 13.8 Å². The summed E-state index contributed by atoms with van der Waals surface area (Å²) in [6, 6.07) is 4.03. The van der Waals surface area contributed by atoms with Crippen molar-refractivity contribution in [2.45, 2.75) is 38.5 Å². The second-order valence-electron chi connectivity index (χ2n) is 3.54. The lowest BCUT2D eigenvalue weighted by Gasteiger charge is -2.28. The standard InChI is InChI=1S/C11H16O2S/c1-3-11(4-2,8-10(12)13)9-6-5-7-14-9/h5-7H,3-4,8H2,1-2H3,(H,12,13). The molecule has 0 spiro atoms. The van der Waals surface area contributed by atoms with Gasteiger partial charge in [-0.05, 0) is 24.3 Å². The van der Waals surface area contributed by atoms with Gasteiger partial charge < -0.3 is 5.11 Å². The van der Waals surface area contributed by atoms with Crippen molar-refractivity contribution < 1.29 is 9.90 Å². The molecule has 1 aromatic rings. The summed E-state index contributed by atoms with van der Waals surface area (Å²) in [5.41, 5.74) is -0.153. The van der Waals surface area contributed by atoms with E-state index in [4.69, 9.17) is 5.11 Å². The van der Waals surface area contributed by atoms with Crippen LogP contribution in [0.1, 0.15) is 38.0 Å². The molecule has 3 heteroatoms. The van der Waals surface area contributed by atoms with E-state index in [1.165, 1.54) is 4.88 Å². The number of carbonyl (C=O) groups is 1. The Balaban J connectivity index is 2.97. The van der Waals surface area contributed by atoms with E-state index >= 15 is 0 Å². The second kappa shape index (κ2) is 4.60. The molecule has 0 aliphatic rings. The van der Waals surface area contributed by atoms with Crippen molar-refractivity contribution in [3.8, 4) is 0 Å². The lowest BCUT2D eigenvalue weighted by Crippen LogP contribution is -2.26. The summed E-state index contributed by atoms with van der Waals surface area (Å²) in [6.07, 6.45) is 2.01. The highest BCUT2D eigenvalue weighted by atomic mass is 32.1. The van der Waals surface area contributed by atoms with Crippen molar-refractivity contribution in [2.24, 2.45) is 0 Å². The van der Waals surface area contributed by atoms with Crippen LogP contribution in [0.15, 0.2) is 17.5 Å². The van der Waals surface area contributed by atoms with Crippen LogP contribution in [0.4, 0.5) is 0 Å². The first kappa shape index (κ1) is 11.2. The van der Waals surface area contributed by atoms with Crippen LogP contribution in [0.3, 0.4) is 0 Å². The van der Waals surface area contributed by atoms with Crippen molar-refractivity contribution in [3.63, 3.8) is 0 Å². The van der Waals surface area contributed by atoms with Crippen LogP contribution in [-0.2, 0) is 10.2 Å². The molecule has 0 atom stereocenters. The molecule has 14 heavy (non-hydrogen) atoms. The Morgan fingerprint density at radius 1 is 1.50 bits per heavy atom. The smallest absolute Gasteiger partial charge is 0.304 e.